The first-order valence-corrected chi connectivity index (χ1v) is 12.2. The summed E-state index contributed by atoms with van der Waals surface area (Å²) in [6.07, 6.45) is 6.40. The number of thioether (sulfide) groups is 1. The highest BCUT2D eigenvalue weighted by molar-refractivity contribution is 7.99. The highest BCUT2D eigenvalue weighted by Crippen LogP contribution is 2.36. The van der Waals surface area contributed by atoms with Crippen molar-refractivity contribution in [2.75, 3.05) is 5.75 Å². The Morgan fingerprint density at radius 1 is 1.33 bits per heavy atom. The van der Waals surface area contributed by atoms with E-state index < -0.39 is 17.5 Å². The van der Waals surface area contributed by atoms with Crippen LogP contribution in [0, 0.1) is 5.92 Å². The molecule has 0 atom stereocenters. The van der Waals surface area contributed by atoms with Crippen LogP contribution in [0.3, 0.4) is 0 Å². The van der Waals surface area contributed by atoms with E-state index in [1.807, 2.05) is 16.7 Å². The number of carbonyl (C=O) groups is 3. The van der Waals surface area contributed by atoms with Crippen molar-refractivity contribution in [2.24, 2.45) is 5.92 Å². The number of urea groups is 1. The van der Waals surface area contributed by atoms with Crippen molar-refractivity contribution in [2.45, 2.75) is 49.8 Å². The second-order valence-electron chi connectivity index (χ2n) is 8.49. The average Bonchev–Trinajstić information content (AvgIpc) is 3.29. The Kier molecular flexibility index (Phi) is 6.81. The largest absolute Gasteiger partial charge is 0.344 e. The number of rotatable bonds is 7. The monoisotopic (exact) mass is 487 g/mol. The van der Waals surface area contributed by atoms with Crippen molar-refractivity contribution in [1.29, 1.82) is 0 Å². The number of hydrogen-bond donors (Lipinski definition) is 2. The van der Waals surface area contributed by atoms with Crippen LogP contribution in [0.1, 0.15) is 32.6 Å². The van der Waals surface area contributed by atoms with Crippen molar-refractivity contribution in [3.63, 3.8) is 0 Å². The molecule has 174 valence electrons. The summed E-state index contributed by atoms with van der Waals surface area (Å²) in [7, 11) is 0. The number of amides is 4. The summed E-state index contributed by atoms with van der Waals surface area (Å²) in [6.45, 7) is 6.45. The Balaban J connectivity index is 1.41. The molecule has 2 aliphatic rings. The number of halogens is 1. The third-order valence-electron chi connectivity index (χ3n) is 6.13. The summed E-state index contributed by atoms with van der Waals surface area (Å²) < 4.78 is 1.94. The summed E-state index contributed by atoms with van der Waals surface area (Å²) >= 11 is 7.21. The molecule has 0 unspecified atom stereocenters. The van der Waals surface area contributed by atoms with E-state index in [1.54, 1.807) is 24.4 Å². The van der Waals surface area contributed by atoms with Crippen LogP contribution >= 0.6 is 23.4 Å². The average molecular weight is 488 g/mol. The first kappa shape index (κ1) is 23.4. The van der Waals surface area contributed by atoms with Gasteiger partial charge in [0.1, 0.15) is 5.54 Å². The fraction of sp³-hybridized carbons (Fsp3) is 0.391. The molecule has 10 heteroatoms. The standard InChI is InChI=1S/C23H26ClN5O3S/c1-3-12-28-18(16-4-6-17(24)7-5-16)13-25-22(28)33-14-19(30)27-29-20(31)23(26-21(29)32)10-8-15(2)9-11-23/h3-7,13,15H,1,8-12,14H2,2H3,(H,26,32)(H,27,30). The first-order chi connectivity index (χ1) is 15.8. The predicted molar refractivity (Wildman–Crippen MR) is 127 cm³/mol. The van der Waals surface area contributed by atoms with Crippen LogP contribution in [0.2, 0.25) is 5.02 Å². The smallest absolute Gasteiger partial charge is 0.322 e. The number of imide groups is 1. The van der Waals surface area contributed by atoms with Gasteiger partial charge in [0.25, 0.3) is 5.91 Å². The van der Waals surface area contributed by atoms with Gasteiger partial charge < -0.3 is 9.88 Å². The Hall–Kier alpha value is -2.78. The third kappa shape index (κ3) is 4.79. The third-order valence-corrected chi connectivity index (χ3v) is 7.37. The van der Waals surface area contributed by atoms with Gasteiger partial charge in [-0.15, -0.1) is 6.58 Å². The second kappa shape index (κ2) is 9.61. The molecule has 1 aliphatic heterocycles. The molecule has 1 saturated carbocycles. The fourth-order valence-electron chi connectivity index (χ4n) is 4.23. The van der Waals surface area contributed by atoms with Crippen LogP contribution in [-0.4, -0.2) is 43.7 Å². The van der Waals surface area contributed by atoms with E-state index in [4.69, 9.17) is 11.6 Å². The zero-order valence-electron chi connectivity index (χ0n) is 18.3. The summed E-state index contributed by atoms with van der Waals surface area (Å²) in [5.41, 5.74) is 3.39. The fourth-order valence-corrected chi connectivity index (χ4v) is 5.14. The molecular weight excluding hydrogens is 462 g/mol. The summed E-state index contributed by atoms with van der Waals surface area (Å²) in [5.74, 6) is -0.311. The number of aromatic nitrogens is 2. The molecule has 33 heavy (non-hydrogen) atoms. The number of nitrogens with one attached hydrogen (secondary N) is 2. The Labute approximate surface area is 201 Å². The van der Waals surface area contributed by atoms with Gasteiger partial charge in [-0.1, -0.05) is 48.5 Å². The summed E-state index contributed by atoms with van der Waals surface area (Å²) in [4.78, 5) is 42.4. The van der Waals surface area contributed by atoms with Crippen molar-refractivity contribution >= 4 is 41.2 Å². The van der Waals surface area contributed by atoms with Gasteiger partial charge in [-0.05, 0) is 49.3 Å². The SMILES string of the molecule is C=CCn1c(-c2ccc(Cl)cc2)cnc1SCC(=O)NN1C(=O)NC2(CCC(C)CC2)C1=O. The molecule has 8 nitrogen and oxygen atoms in total. The highest BCUT2D eigenvalue weighted by atomic mass is 35.5. The normalized spacial score (nSPS) is 22.5. The molecule has 1 aliphatic carbocycles. The maximum absolute atomic E-state index is 12.9. The van der Waals surface area contributed by atoms with Crippen LogP contribution < -0.4 is 10.7 Å². The molecule has 0 radical (unpaired) electrons. The quantitative estimate of drug-likeness (QED) is 0.349. The maximum Gasteiger partial charge on any atom is 0.344 e. The number of hydrazine groups is 1. The number of carbonyl (C=O) groups excluding carboxylic acids is 3. The molecule has 4 amide bonds. The molecule has 1 aromatic carbocycles. The van der Waals surface area contributed by atoms with Crippen molar-refractivity contribution < 1.29 is 14.4 Å². The molecule has 2 heterocycles. The maximum atomic E-state index is 12.9. The van der Waals surface area contributed by atoms with Gasteiger partial charge in [0, 0.05) is 11.6 Å². The molecule has 4 rings (SSSR count). The van der Waals surface area contributed by atoms with E-state index in [0.717, 1.165) is 29.1 Å². The van der Waals surface area contributed by atoms with E-state index in [1.165, 1.54) is 11.8 Å². The van der Waals surface area contributed by atoms with E-state index >= 15 is 0 Å². The minimum Gasteiger partial charge on any atom is -0.322 e. The van der Waals surface area contributed by atoms with E-state index in [-0.39, 0.29) is 11.7 Å². The van der Waals surface area contributed by atoms with Crippen LogP contribution in [-0.2, 0) is 16.1 Å². The zero-order valence-corrected chi connectivity index (χ0v) is 19.9. The van der Waals surface area contributed by atoms with Gasteiger partial charge in [-0.3, -0.25) is 15.0 Å². The highest BCUT2D eigenvalue weighted by Gasteiger charge is 2.52. The Morgan fingerprint density at radius 2 is 2.03 bits per heavy atom. The second-order valence-corrected chi connectivity index (χ2v) is 9.87. The number of imidazole rings is 1. The van der Waals surface area contributed by atoms with Crippen LogP contribution in [0.4, 0.5) is 4.79 Å². The summed E-state index contributed by atoms with van der Waals surface area (Å²) in [5, 5.41) is 4.90. The molecule has 2 N–H and O–H groups in total. The van der Waals surface area contributed by atoms with Crippen LogP contribution in [0.15, 0.2) is 48.3 Å². The molecule has 2 aromatic rings. The van der Waals surface area contributed by atoms with Crippen molar-refractivity contribution in [1.82, 2.24) is 25.3 Å². The minimum atomic E-state index is -0.891. The lowest BCUT2D eigenvalue weighted by atomic mass is 9.77. The lowest BCUT2D eigenvalue weighted by Gasteiger charge is -2.33. The topological polar surface area (TPSA) is 96.3 Å². The van der Waals surface area contributed by atoms with Crippen molar-refractivity contribution in [3.8, 4) is 11.3 Å². The van der Waals surface area contributed by atoms with E-state index in [2.05, 4.69) is 29.2 Å². The molecule has 1 spiro atoms. The van der Waals surface area contributed by atoms with Gasteiger partial charge >= 0.3 is 6.03 Å². The van der Waals surface area contributed by atoms with Crippen LogP contribution in [0.25, 0.3) is 11.3 Å². The Morgan fingerprint density at radius 3 is 2.70 bits per heavy atom. The van der Waals surface area contributed by atoms with Gasteiger partial charge in [0.15, 0.2) is 5.16 Å². The number of nitrogens with zero attached hydrogens (tertiary/aromatic N) is 3. The van der Waals surface area contributed by atoms with Gasteiger partial charge in [0.05, 0.1) is 17.6 Å². The zero-order chi connectivity index (χ0) is 23.6. The van der Waals surface area contributed by atoms with Gasteiger partial charge in [-0.2, -0.15) is 5.01 Å². The van der Waals surface area contributed by atoms with E-state index in [9.17, 15) is 14.4 Å². The Bertz CT molecular complexity index is 1080. The number of benzene rings is 1. The predicted octanol–water partition coefficient (Wildman–Crippen LogP) is 4.01. The van der Waals surface area contributed by atoms with Crippen molar-refractivity contribution in [3.05, 3.63) is 48.1 Å². The molecular formula is C23H26ClN5O3S. The van der Waals surface area contributed by atoms with E-state index in [0.29, 0.717) is 35.5 Å². The van der Waals surface area contributed by atoms with Crippen LogP contribution in [0.5, 0.6) is 0 Å². The lowest BCUT2D eigenvalue weighted by Crippen LogP contribution is -2.51. The minimum absolute atomic E-state index is 0.00465. The number of allylic oxidation sites excluding steroid dienone is 1. The first-order valence-electron chi connectivity index (χ1n) is 10.8. The van der Waals surface area contributed by atoms with Gasteiger partial charge in [-0.25, -0.2) is 9.78 Å². The molecule has 1 aromatic heterocycles. The summed E-state index contributed by atoms with van der Waals surface area (Å²) in [6, 6.07) is 6.84. The lowest BCUT2D eigenvalue weighted by molar-refractivity contribution is -0.139. The molecule has 0 bridgehead atoms. The molecule has 1 saturated heterocycles. The van der Waals surface area contributed by atoms with Gasteiger partial charge in [0.2, 0.25) is 5.91 Å². The number of hydrogen-bond acceptors (Lipinski definition) is 5. The molecule has 2 fully saturated rings.